The molecule has 0 fully saturated rings. The molecule has 0 amide bonds. The molecule has 0 heterocycles. The molecular weight excluding hydrogens is 274 g/mol. The predicted molar refractivity (Wildman–Crippen MR) is 65.7 cm³/mol. The summed E-state index contributed by atoms with van der Waals surface area (Å²) in [5, 5.41) is 18.0. The minimum atomic E-state index is -0.989. The molecule has 1 unspecified atom stereocenters. The summed E-state index contributed by atoms with van der Waals surface area (Å²) < 4.78 is 0.982. The fourth-order valence-corrected chi connectivity index (χ4v) is 1.65. The summed E-state index contributed by atoms with van der Waals surface area (Å²) in [6.07, 6.45) is -1.09. The van der Waals surface area contributed by atoms with Crippen molar-refractivity contribution in [1.82, 2.24) is 0 Å². The van der Waals surface area contributed by atoms with Gasteiger partial charge in [-0.25, -0.2) is 0 Å². The first-order valence-electron chi connectivity index (χ1n) is 4.85. The molecule has 1 rings (SSSR count). The number of hydrogen-bond donors (Lipinski definition) is 2. The van der Waals surface area contributed by atoms with E-state index in [-0.39, 0.29) is 6.42 Å². The normalized spacial score (nSPS) is 12.2. The smallest absolute Gasteiger partial charge is 0.306 e. The van der Waals surface area contributed by atoms with E-state index in [2.05, 4.69) is 15.9 Å². The molecule has 0 aliphatic heterocycles. The predicted octanol–water partition coefficient (Wildman–Crippen LogP) is 1.72. The quantitative estimate of drug-likeness (QED) is 0.866. The van der Waals surface area contributed by atoms with Crippen LogP contribution in [0.2, 0.25) is 0 Å². The zero-order valence-corrected chi connectivity index (χ0v) is 10.5. The Labute approximate surface area is 103 Å². The number of carbonyl (C=O) groups is 1. The van der Waals surface area contributed by atoms with Crippen molar-refractivity contribution in [2.45, 2.75) is 12.5 Å². The topological polar surface area (TPSA) is 60.8 Å². The first-order chi connectivity index (χ1) is 7.49. The first kappa shape index (κ1) is 13.0. The number of halogens is 1. The minimum absolute atomic E-state index is 0.235. The summed E-state index contributed by atoms with van der Waals surface area (Å²) in [6, 6.07) is 7.60. The fourth-order valence-electron chi connectivity index (χ4n) is 1.38. The Morgan fingerprint density at radius 2 is 2.00 bits per heavy atom. The summed E-state index contributed by atoms with van der Waals surface area (Å²) in [6.45, 7) is 0.300. The van der Waals surface area contributed by atoms with Gasteiger partial charge >= 0.3 is 5.97 Å². The van der Waals surface area contributed by atoms with Crippen LogP contribution in [0, 0.1) is 0 Å². The number of aliphatic carboxylic acids is 1. The summed E-state index contributed by atoms with van der Waals surface area (Å²) >= 11 is 3.33. The molecule has 4 nitrogen and oxygen atoms in total. The van der Waals surface area contributed by atoms with Gasteiger partial charge in [-0.2, -0.15) is 0 Å². The Balaban J connectivity index is 2.54. The van der Waals surface area contributed by atoms with Gasteiger partial charge in [-0.15, -0.1) is 0 Å². The van der Waals surface area contributed by atoms with Crippen LogP contribution in [-0.2, 0) is 4.79 Å². The third-order valence-corrected chi connectivity index (χ3v) is 2.69. The number of aliphatic hydroxyl groups is 1. The van der Waals surface area contributed by atoms with Crippen molar-refractivity contribution in [3.63, 3.8) is 0 Å². The Morgan fingerprint density at radius 1 is 1.44 bits per heavy atom. The van der Waals surface area contributed by atoms with E-state index in [1.54, 1.807) is 0 Å². The highest BCUT2D eigenvalue weighted by atomic mass is 79.9. The van der Waals surface area contributed by atoms with Gasteiger partial charge in [-0.3, -0.25) is 4.79 Å². The van der Waals surface area contributed by atoms with Gasteiger partial charge in [0.25, 0.3) is 0 Å². The number of aliphatic hydroxyl groups excluding tert-OH is 1. The van der Waals surface area contributed by atoms with Crippen molar-refractivity contribution in [2.24, 2.45) is 0 Å². The Kier molecular flexibility index (Phi) is 4.76. The van der Waals surface area contributed by atoms with E-state index < -0.39 is 12.1 Å². The Hall–Kier alpha value is -1.07. The van der Waals surface area contributed by atoms with Gasteiger partial charge in [0.05, 0.1) is 12.5 Å². The van der Waals surface area contributed by atoms with Crippen LogP contribution in [0.4, 0.5) is 5.69 Å². The number of likely N-dealkylation sites (N-methyl/N-ethyl adjacent to an activating group) is 1. The second kappa shape index (κ2) is 5.86. The average molecular weight is 288 g/mol. The summed E-state index contributed by atoms with van der Waals surface area (Å²) in [7, 11) is 1.81. The minimum Gasteiger partial charge on any atom is -0.481 e. The van der Waals surface area contributed by atoms with Gasteiger partial charge in [-0.1, -0.05) is 15.9 Å². The number of carboxylic acids is 1. The molecular formula is C11H14BrNO3. The molecule has 0 bridgehead atoms. The van der Waals surface area contributed by atoms with Crippen LogP contribution in [0.1, 0.15) is 6.42 Å². The zero-order valence-electron chi connectivity index (χ0n) is 8.93. The van der Waals surface area contributed by atoms with E-state index in [4.69, 9.17) is 5.11 Å². The van der Waals surface area contributed by atoms with Gasteiger partial charge in [0, 0.05) is 23.8 Å². The lowest BCUT2D eigenvalue weighted by Crippen LogP contribution is -2.30. The summed E-state index contributed by atoms with van der Waals surface area (Å²) in [4.78, 5) is 12.2. The van der Waals surface area contributed by atoms with Crippen LogP contribution in [0.25, 0.3) is 0 Å². The van der Waals surface area contributed by atoms with E-state index in [1.165, 1.54) is 0 Å². The lowest BCUT2D eigenvalue weighted by Gasteiger charge is -2.21. The van der Waals surface area contributed by atoms with E-state index in [0.717, 1.165) is 10.2 Å². The van der Waals surface area contributed by atoms with Crippen molar-refractivity contribution >= 4 is 27.6 Å². The standard InChI is InChI=1S/C11H14BrNO3/c1-13(7-10(14)6-11(15)16)9-4-2-8(12)3-5-9/h2-5,10,14H,6-7H2,1H3,(H,15,16). The zero-order chi connectivity index (χ0) is 12.1. The Bertz CT molecular complexity index is 353. The van der Waals surface area contributed by atoms with Crippen molar-refractivity contribution < 1.29 is 15.0 Å². The Morgan fingerprint density at radius 3 is 2.50 bits per heavy atom. The number of rotatable bonds is 5. The number of hydrogen-bond acceptors (Lipinski definition) is 3. The van der Waals surface area contributed by atoms with Gasteiger partial charge in [0.2, 0.25) is 0 Å². The molecule has 0 aromatic heterocycles. The van der Waals surface area contributed by atoms with Gasteiger partial charge in [0.1, 0.15) is 0 Å². The lowest BCUT2D eigenvalue weighted by atomic mass is 10.2. The monoisotopic (exact) mass is 287 g/mol. The van der Waals surface area contributed by atoms with Gasteiger partial charge in [-0.05, 0) is 24.3 Å². The molecule has 5 heteroatoms. The largest absolute Gasteiger partial charge is 0.481 e. The maximum atomic E-state index is 10.4. The molecule has 1 aromatic rings. The SMILES string of the molecule is CN(CC(O)CC(=O)O)c1ccc(Br)cc1. The van der Waals surface area contributed by atoms with Crippen LogP contribution in [0.15, 0.2) is 28.7 Å². The van der Waals surface area contributed by atoms with Crippen molar-refractivity contribution in [2.75, 3.05) is 18.5 Å². The van der Waals surface area contributed by atoms with Gasteiger partial charge < -0.3 is 15.1 Å². The second-order valence-electron chi connectivity index (χ2n) is 3.61. The molecule has 16 heavy (non-hydrogen) atoms. The highest BCUT2D eigenvalue weighted by Gasteiger charge is 2.12. The molecule has 0 aliphatic carbocycles. The van der Waals surface area contributed by atoms with Crippen LogP contribution < -0.4 is 4.90 Å². The molecule has 0 saturated heterocycles. The van der Waals surface area contributed by atoms with E-state index in [1.807, 2.05) is 36.2 Å². The number of benzene rings is 1. The highest BCUT2D eigenvalue weighted by molar-refractivity contribution is 9.10. The molecule has 0 saturated carbocycles. The maximum absolute atomic E-state index is 10.4. The molecule has 88 valence electrons. The molecule has 0 aliphatic rings. The van der Waals surface area contributed by atoms with Crippen LogP contribution in [0.5, 0.6) is 0 Å². The average Bonchev–Trinajstić information content (AvgIpc) is 2.16. The van der Waals surface area contributed by atoms with Crippen molar-refractivity contribution in [3.8, 4) is 0 Å². The summed E-state index contributed by atoms with van der Waals surface area (Å²) in [5.41, 5.74) is 0.938. The molecule has 1 aromatic carbocycles. The van der Waals surface area contributed by atoms with E-state index >= 15 is 0 Å². The van der Waals surface area contributed by atoms with E-state index in [0.29, 0.717) is 6.54 Å². The lowest BCUT2D eigenvalue weighted by molar-refractivity contribution is -0.139. The number of carboxylic acid groups (broad SMARTS) is 1. The van der Waals surface area contributed by atoms with Crippen molar-refractivity contribution in [1.29, 1.82) is 0 Å². The fraction of sp³-hybridized carbons (Fsp3) is 0.364. The third-order valence-electron chi connectivity index (χ3n) is 2.16. The van der Waals surface area contributed by atoms with Gasteiger partial charge in [0.15, 0.2) is 0 Å². The van der Waals surface area contributed by atoms with Crippen molar-refractivity contribution in [3.05, 3.63) is 28.7 Å². The highest BCUT2D eigenvalue weighted by Crippen LogP contribution is 2.17. The third kappa shape index (κ3) is 4.20. The molecule has 2 N–H and O–H groups in total. The molecule has 0 radical (unpaired) electrons. The molecule has 0 spiro atoms. The number of nitrogens with zero attached hydrogens (tertiary/aromatic N) is 1. The second-order valence-corrected chi connectivity index (χ2v) is 4.52. The molecule has 1 atom stereocenters. The van der Waals surface area contributed by atoms with Crippen LogP contribution in [0.3, 0.4) is 0 Å². The summed E-state index contributed by atoms with van der Waals surface area (Å²) in [5.74, 6) is -0.989. The van der Waals surface area contributed by atoms with Crippen LogP contribution >= 0.6 is 15.9 Å². The number of anilines is 1. The van der Waals surface area contributed by atoms with Crippen LogP contribution in [-0.4, -0.2) is 35.9 Å². The van der Waals surface area contributed by atoms with E-state index in [9.17, 15) is 9.90 Å². The maximum Gasteiger partial charge on any atom is 0.306 e. The first-order valence-corrected chi connectivity index (χ1v) is 5.65.